The lowest BCUT2D eigenvalue weighted by Crippen LogP contribution is -2.04. The summed E-state index contributed by atoms with van der Waals surface area (Å²) < 4.78 is 0. The maximum atomic E-state index is 5.91. The molecule has 2 aromatic rings. The summed E-state index contributed by atoms with van der Waals surface area (Å²) in [5.74, 6) is 0.788. The zero-order valence-electron chi connectivity index (χ0n) is 8.49. The maximum absolute atomic E-state index is 5.91. The topological polar surface area (TPSA) is 79.6 Å². The normalized spacial score (nSPS) is 10.2. The minimum absolute atomic E-state index is 0.591. The summed E-state index contributed by atoms with van der Waals surface area (Å²) >= 11 is 0. The van der Waals surface area contributed by atoms with Crippen molar-refractivity contribution < 1.29 is 0 Å². The highest BCUT2D eigenvalue weighted by Crippen LogP contribution is 2.21. The van der Waals surface area contributed by atoms with Gasteiger partial charge in [-0.05, 0) is 18.6 Å². The lowest BCUT2D eigenvalue weighted by atomic mass is 10.2. The van der Waals surface area contributed by atoms with E-state index in [0.29, 0.717) is 6.54 Å². The number of aryl methyl sites for hydroxylation is 1. The molecule has 0 fully saturated rings. The van der Waals surface area contributed by atoms with Crippen molar-refractivity contribution >= 4 is 11.4 Å². The largest absolute Gasteiger partial charge is 0.397 e. The smallest absolute Gasteiger partial charge is 0.143 e. The summed E-state index contributed by atoms with van der Waals surface area (Å²) in [6.45, 7) is 2.57. The molecule has 5 nitrogen and oxygen atoms in total. The van der Waals surface area contributed by atoms with Crippen molar-refractivity contribution in [1.29, 1.82) is 0 Å². The molecule has 0 saturated heterocycles. The predicted molar refractivity (Wildman–Crippen MR) is 59.3 cm³/mol. The van der Waals surface area contributed by atoms with Crippen LogP contribution in [0.3, 0.4) is 0 Å². The number of rotatable bonds is 3. The van der Waals surface area contributed by atoms with Gasteiger partial charge in [0.25, 0.3) is 0 Å². The fourth-order valence-electron chi connectivity index (χ4n) is 1.33. The van der Waals surface area contributed by atoms with Crippen LogP contribution in [0.4, 0.5) is 11.4 Å². The number of para-hydroxylation sites is 1. The Morgan fingerprint density at radius 1 is 1.47 bits per heavy atom. The van der Waals surface area contributed by atoms with E-state index >= 15 is 0 Å². The Kier molecular flexibility index (Phi) is 2.53. The quantitative estimate of drug-likeness (QED) is 0.657. The van der Waals surface area contributed by atoms with Crippen LogP contribution in [0.5, 0.6) is 0 Å². The molecule has 1 aromatic carbocycles. The van der Waals surface area contributed by atoms with Crippen molar-refractivity contribution in [1.82, 2.24) is 15.2 Å². The van der Waals surface area contributed by atoms with Crippen molar-refractivity contribution in [3.63, 3.8) is 0 Å². The predicted octanol–water partition coefficient (Wildman–Crippen LogP) is 1.31. The van der Waals surface area contributed by atoms with Crippen molar-refractivity contribution in [3.05, 3.63) is 35.9 Å². The summed E-state index contributed by atoms with van der Waals surface area (Å²) in [7, 11) is 0. The van der Waals surface area contributed by atoms with Crippen LogP contribution >= 0.6 is 0 Å². The number of anilines is 2. The van der Waals surface area contributed by atoms with Crippen LogP contribution in [-0.2, 0) is 6.54 Å². The number of aromatic nitrogens is 3. The monoisotopic (exact) mass is 203 g/mol. The van der Waals surface area contributed by atoms with Crippen molar-refractivity contribution in [2.24, 2.45) is 0 Å². The molecule has 0 bridgehead atoms. The highest BCUT2D eigenvalue weighted by atomic mass is 15.2. The van der Waals surface area contributed by atoms with Gasteiger partial charge in [-0.2, -0.15) is 5.10 Å². The molecule has 0 amide bonds. The summed E-state index contributed by atoms with van der Waals surface area (Å²) in [6.07, 6.45) is 1.48. The molecule has 1 aromatic heterocycles. The number of hydrogen-bond donors (Lipinski definition) is 3. The van der Waals surface area contributed by atoms with E-state index in [1.165, 1.54) is 6.33 Å². The second-order valence-corrected chi connectivity index (χ2v) is 3.32. The summed E-state index contributed by atoms with van der Waals surface area (Å²) in [5, 5.41) is 9.74. The minimum atomic E-state index is 0.591. The Labute approximate surface area is 87.7 Å². The van der Waals surface area contributed by atoms with E-state index < -0.39 is 0 Å². The Morgan fingerprint density at radius 3 is 3.07 bits per heavy atom. The number of nitrogen functional groups attached to an aromatic ring is 1. The van der Waals surface area contributed by atoms with Crippen LogP contribution in [0.15, 0.2) is 24.5 Å². The molecule has 1 heterocycles. The first kappa shape index (κ1) is 9.51. The SMILES string of the molecule is Cc1cccc(NCc2ncn[nH]2)c1N. The second-order valence-electron chi connectivity index (χ2n) is 3.32. The van der Waals surface area contributed by atoms with E-state index in [-0.39, 0.29) is 0 Å². The van der Waals surface area contributed by atoms with Crippen LogP contribution in [0.1, 0.15) is 11.4 Å². The Hall–Kier alpha value is -2.04. The molecule has 0 unspecified atom stereocenters. The van der Waals surface area contributed by atoms with Gasteiger partial charge in [-0.1, -0.05) is 12.1 Å². The van der Waals surface area contributed by atoms with Crippen molar-refractivity contribution in [2.75, 3.05) is 11.1 Å². The molecule has 0 aliphatic rings. The third-order valence-corrected chi connectivity index (χ3v) is 2.24. The van der Waals surface area contributed by atoms with E-state index in [4.69, 9.17) is 5.73 Å². The third kappa shape index (κ3) is 2.07. The van der Waals surface area contributed by atoms with Crippen LogP contribution < -0.4 is 11.1 Å². The molecule has 0 radical (unpaired) electrons. The van der Waals surface area contributed by atoms with E-state index in [1.807, 2.05) is 25.1 Å². The number of aromatic amines is 1. The van der Waals surface area contributed by atoms with E-state index in [9.17, 15) is 0 Å². The average Bonchev–Trinajstić information content (AvgIpc) is 2.73. The van der Waals surface area contributed by atoms with Gasteiger partial charge in [0.05, 0.1) is 17.9 Å². The lowest BCUT2D eigenvalue weighted by molar-refractivity contribution is 0.955. The van der Waals surface area contributed by atoms with Crippen LogP contribution in [0, 0.1) is 6.92 Å². The third-order valence-electron chi connectivity index (χ3n) is 2.24. The van der Waals surface area contributed by atoms with Crippen molar-refractivity contribution in [3.8, 4) is 0 Å². The molecule has 5 heteroatoms. The number of hydrogen-bond acceptors (Lipinski definition) is 4. The average molecular weight is 203 g/mol. The Morgan fingerprint density at radius 2 is 2.33 bits per heavy atom. The Bertz CT molecular complexity index is 435. The number of H-pyrrole nitrogens is 1. The number of nitrogens with zero attached hydrogens (tertiary/aromatic N) is 2. The minimum Gasteiger partial charge on any atom is -0.397 e. The van der Waals surface area contributed by atoms with Crippen LogP contribution in [0.25, 0.3) is 0 Å². The van der Waals surface area contributed by atoms with Gasteiger partial charge in [0.1, 0.15) is 12.2 Å². The van der Waals surface area contributed by atoms with E-state index in [0.717, 1.165) is 22.8 Å². The molecule has 0 saturated carbocycles. The Balaban J connectivity index is 2.08. The van der Waals surface area contributed by atoms with Crippen LogP contribution in [-0.4, -0.2) is 15.2 Å². The van der Waals surface area contributed by atoms with Crippen LogP contribution in [0.2, 0.25) is 0 Å². The maximum Gasteiger partial charge on any atom is 0.143 e. The molecule has 0 aliphatic heterocycles. The van der Waals surface area contributed by atoms with E-state index in [1.54, 1.807) is 0 Å². The molecule has 15 heavy (non-hydrogen) atoms. The first-order valence-corrected chi connectivity index (χ1v) is 4.70. The number of benzene rings is 1. The standard InChI is InChI=1S/C10H13N5/c1-7-3-2-4-8(10(7)11)12-5-9-13-6-14-15-9/h2-4,6,12H,5,11H2,1H3,(H,13,14,15). The zero-order valence-corrected chi connectivity index (χ0v) is 8.49. The van der Waals surface area contributed by atoms with Gasteiger partial charge in [-0.15, -0.1) is 0 Å². The fraction of sp³-hybridized carbons (Fsp3) is 0.200. The molecule has 2 rings (SSSR count). The zero-order chi connectivity index (χ0) is 10.7. The highest BCUT2D eigenvalue weighted by molar-refractivity contribution is 5.69. The lowest BCUT2D eigenvalue weighted by Gasteiger charge is -2.09. The molecule has 0 spiro atoms. The molecule has 0 atom stereocenters. The van der Waals surface area contributed by atoms with Gasteiger partial charge in [0.15, 0.2) is 0 Å². The highest BCUT2D eigenvalue weighted by Gasteiger charge is 2.01. The van der Waals surface area contributed by atoms with Gasteiger partial charge < -0.3 is 11.1 Å². The van der Waals surface area contributed by atoms with Gasteiger partial charge in [-0.3, -0.25) is 5.10 Å². The van der Waals surface area contributed by atoms with Gasteiger partial charge >= 0.3 is 0 Å². The van der Waals surface area contributed by atoms with Gasteiger partial charge in [0, 0.05) is 0 Å². The summed E-state index contributed by atoms with van der Waals surface area (Å²) in [6, 6.07) is 5.89. The van der Waals surface area contributed by atoms with E-state index in [2.05, 4.69) is 20.5 Å². The molecule has 0 aliphatic carbocycles. The van der Waals surface area contributed by atoms with Gasteiger partial charge in [0.2, 0.25) is 0 Å². The second kappa shape index (κ2) is 4.00. The summed E-state index contributed by atoms with van der Waals surface area (Å²) in [5.41, 5.74) is 8.68. The number of nitrogens with two attached hydrogens (primary N) is 1. The molecule has 4 N–H and O–H groups in total. The first-order chi connectivity index (χ1) is 7.27. The fourth-order valence-corrected chi connectivity index (χ4v) is 1.33. The molecular weight excluding hydrogens is 190 g/mol. The van der Waals surface area contributed by atoms with Gasteiger partial charge in [-0.25, -0.2) is 4.98 Å². The van der Waals surface area contributed by atoms with Crippen molar-refractivity contribution in [2.45, 2.75) is 13.5 Å². The molecular formula is C10H13N5. The number of nitrogens with one attached hydrogen (secondary N) is 2. The molecule has 78 valence electrons. The first-order valence-electron chi connectivity index (χ1n) is 4.70. The summed E-state index contributed by atoms with van der Waals surface area (Å²) in [4.78, 5) is 4.01.